The predicted octanol–water partition coefficient (Wildman–Crippen LogP) is -0.0388. The first-order chi connectivity index (χ1) is 9.88. The normalized spacial score (nSPS) is 12.7. The van der Waals surface area contributed by atoms with Gasteiger partial charge in [0.05, 0.1) is 11.9 Å². The quantitative estimate of drug-likeness (QED) is 0.272. The number of carbonyl (C=O) groups excluding carboxylic acids is 1. The summed E-state index contributed by atoms with van der Waals surface area (Å²) in [6.07, 6.45) is 11.2. The van der Waals surface area contributed by atoms with Crippen LogP contribution in [0, 0.1) is 0 Å². The van der Waals surface area contributed by atoms with Crippen molar-refractivity contribution in [1.29, 1.82) is 0 Å². The van der Waals surface area contributed by atoms with Crippen molar-refractivity contribution in [2.24, 2.45) is 0 Å². The first-order valence-electron chi connectivity index (χ1n) is 8.07. The van der Waals surface area contributed by atoms with Crippen LogP contribution in [0.3, 0.4) is 0 Å². The Morgan fingerprint density at radius 1 is 1.00 bits per heavy atom. The zero-order valence-corrected chi connectivity index (χ0v) is 17.2. The predicted molar refractivity (Wildman–Crippen MR) is 84.0 cm³/mol. The third-order valence-electron chi connectivity index (χ3n) is 3.58. The van der Waals surface area contributed by atoms with Crippen LogP contribution < -0.4 is 34.9 Å². The maximum absolute atomic E-state index is 11.5. The van der Waals surface area contributed by atoms with Crippen molar-refractivity contribution >= 4 is 15.9 Å². The summed E-state index contributed by atoms with van der Waals surface area (Å²) in [7, 11) is -4.35. The second kappa shape index (κ2) is 15.1. The van der Waals surface area contributed by atoms with E-state index in [-0.39, 0.29) is 41.9 Å². The average Bonchev–Trinajstić information content (AvgIpc) is 2.41. The van der Waals surface area contributed by atoms with Gasteiger partial charge < -0.3 is 4.55 Å². The molecule has 0 aliphatic rings. The van der Waals surface area contributed by atoms with Crippen molar-refractivity contribution in [3.63, 3.8) is 0 Å². The fourth-order valence-corrected chi connectivity index (χ4v) is 2.37. The molecule has 126 valence electrons. The summed E-state index contributed by atoms with van der Waals surface area (Å²) in [5.41, 5.74) is 0. The van der Waals surface area contributed by atoms with E-state index in [0.717, 1.165) is 19.3 Å². The standard InChI is InChI=1S/C15H31NO4S.Na/c1-3-4-5-6-7-8-9-10-11-12-15(17)13-16-14(2)21(18,19)20;/h14,16H,3-13H2,1-2H3,(H,18,19,20);/q;+1/p-1. The van der Waals surface area contributed by atoms with E-state index in [2.05, 4.69) is 12.2 Å². The number of rotatable bonds is 14. The molecule has 0 saturated heterocycles. The second-order valence-electron chi connectivity index (χ2n) is 5.63. The number of hydrogen-bond donors (Lipinski definition) is 1. The largest absolute Gasteiger partial charge is 1.00 e. The maximum atomic E-state index is 11.5. The number of nitrogens with one attached hydrogen (secondary N) is 1. The van der Waals surface area contributed by atoms with E-state index in [1.54, 1.807) is 0 Å². The van der Waals surface area contributed by atoms with Gasteiger partial charge in [-0.2, -0.15) is 0 Å². The summed E-state index contributed by atoms with van der Waals surface area (Å²) >= 11 is 0. The molecule has 0 amide bonds. The molecule has 0 radical (unpaired) electrons. The zero-order valence-electron chi connectivity index (χ0n) is 14.4. The van der Waals surface area contributed by atoms with Crippen molar-refractivity contribution in [2.75, 3.05) is 6.54 Å². The van der Waals surface area contributed by atoms with E-state index >= 15 is 0 Å². The van der Waals surface area contributed by atoms with Gasteiger partial charge in [-0.1, -0.05) is 58.3 Å². The number of hydrogen-bond acceptors (Lipinski definition) is 5. The summed E-state index contributed by atoms with van der Waals surface area (Å²) in [6, 6.07) is 0. The minimum atomic E-state index is -4.35. The molecule has 1 atom stereocenters. The molecule has 5 nitrogen and oxygen atoms in total. The van der Waals surface area contributed by atoms with Crippen molar-refractivity contribution in [3.8, 4) is 0 Å². The molecule has 0 bridgehead atoms. The summed E-state index contributed by atoms with van der Waals surface area (Å²) in [5, 5.41) is 1.25. The summed E-state index contributed by atoms with van der Waals surface area (Å²) in [6.45, 7) is 3.42. The Morgan fingerprint density at radius 2 is 1.45 bits per heavy atom. The van der Waals surface area contributed by atoms with Crippen LogP contribution in [0.25, 0.3) is 0 Å². The molecule has 1 unspecified atom stereocenters. The number of carbonyl (C=O) groups is 1. The fraction of sp³-hybridized carbons (Fsp3) is 0.933. The SMILES string of the molecule is CCCCCCCCCCCC(=O)CNC(C)S(=O)(=O)[O-].[Na+]. The Labute approximate surface area is 158 Å². The van der Waals surface area contributed by atoms with Crippen molar-refractivity contribution in [3.05, 3.63) is 0 Å². The molecule has 22 heavy (non-hydrogen) atoms. The van der Waals surface area contributed by atoms with Gasteiger partial charge in [-0.25, -0.2) is 8.42 Å². The number of unbranched alkanes of at least 4 members (excludes halogenated alkanes) is 8. The molecule has 0 aromatic carbocycles. The van der Waals surface area contributed by atoms with Crippen molar-refractivity contribution < 1.29 is 47.3 Å². The minimum absolute atomic E-state index is 0. The Kier molecular flexibility index (Phi) is 17.0. The van der Waals surface area contributed by atoms with E-state index in [0.29, 0.717) is 6.42 Å². The number of Topliss-reactive ketones (excluding diaryl/α,β-unsaturated/α-hetero) is 1. The summed E-state index contributed by atoms with van der Waals surface area (Å²) in [5.74, 6) is -0.0338. The molecular formula is C15H30NNaO4S. The van der Waals surface area contributed by atoms with Gasteiger partial charge in [0.2, 0.25) is 0 Å². The third-order valence-corrected chi connectivity index (χ3v) is 4.61. The molecular weight excluding hydrogens is 313 g/mol. The van der Waals surface area contributed by atoms with Crippen LogP contribution in [-0.4, -0.2) is 30.7 Å². The van der Waals surface area contributed by atoms with Gasteiger partial charge in [0, 0.05) is 6.42 Å². The molecule has 0 heterocycles. The Morgan fingerprint density at radius 3 is 1.91 bits per heavy atom. The Bertz CT molecular complexity index is 374. The smallest absolute Gasteiger partial charge is 0.747 e. The van der Waals surface area contributed by atoms with Gasteiger partial charge in [-0.05, 0) is 13.3 Å². The zero-order chi connectivity index (χ0) is 16.1. The van der Waals surface area contributed by atoms with E-state index in [1.165, 1.54) is 45.4 Å². The van der Waals surface area contributed by atoms with E-state index in [4.69, 9.17) is 0 Å². The first kappa shape index (κ1) is 24.8. The summed E-state index contributed by atoms with van der Waals surface area (Å²) in [4.78, 5) is 11.5. The molecule has 0 aromatic heterocycles. The fourth-order valence-electron chi connectivity index (χ4n) is 2.08. The van der Waals surface area contributed by atoms with Gasteiger partial charge in [0.15, 0.2) is 0 Å². The van der Waals surface area contributed by atoms with Gasteiger partial charge >= 0.3 is 29.6 Å². The topological polar surface area (TPSA) is 86.3 Å². The molecule has 7 heteroatoms. The van der Waals surface area contributed by atoms with Crippen molar-refractivity contribution in [2.45, 2.75) is 83.4 Å². The Hall–Kier alpha value is 0.540. The van der Waals surface area contributed by atoms with Crippen LogP contribution in [0.4, 0.5) is 0 Å². The molecule has 0 aliphatic heterocycles. The van der Waals surface area contributed by atoms with Gasteiger partial charge in [-0.15, -0.1) is 0 Å². The van der Waals surface area contributed by atoms with E-state index < -0.39 is 15.5 Å². The van der Waals surface area contributed by atoms with Crippen LogP contribution in [0.1, 0.15) is 78.1 Å². The van der Waals surface area contributed by atoms with Crippen LogP contribution in [-0.2, 0) is 14.9 Å². The van der Waals surface area contributed by atoms with Crippen LogP contribution in [0.5, 0.6) is 0 Å². The molecule has 0 spiro atoms. The number of ketones is 1. The van der Waals surface area contributed by atoms with Crippen LogP contribution in [0.2, 0.25) is 0 Å². The molecule has 1 N–H and O–H groups in total. The second-order valence-corrected chi connectivity index (χ2v) is 7.33. The minimum Gasteiger partial charge on any atom is -0.747 e. The third kappa shape index (κ3) is 15.4. The molecule has 0 fully saturated rings. The van der Waals surface area contributed by atoms with Gasteiger partial charge in [0.25, 0.3) is 0 Å². The Balaban J connectivity index is 0. The van der Waals surface area contributed by atoms with Gasteiger partial charge in [0.1, 0.15) is 15.9 Å². The maximum Gasteiger partial charge on any atom is 1.00 e. The molecule has 0 aliphatic carbocycles. The van der Waals surface area contributed by atoms with E-state index in [9.17, 15) is 17.8 Å². The average molecular weight is 343 g/mol. The van der Waals surface area contributed by atoms with E-state index in [1.807, 2.05) is 0 Å². The first-order valence-corrected chi connectivity index (χ1v) is 9.55. The molecule has 0 saturated carbocycles. The monoisotopic (exact) mass is 343 g/mol. The molecule has 0 rings (SSSR count). The van der Waals surface area contributed by atoms with Gasteiger partial charge in [-0.3, -0.25) is 10.1 Å². The van der Waals surface area contributed by atoms with Crippen LogP contribution >= 0.6 is 0 Å². The van der Waals surface area contributed by atoms with Crippen LogP contribution in [0.15, 0.2) is 0 Å². The molecule has 0 aromatic rings. The van der Waals surface area contributed by atoms with Crippen molar-refractivity contribution in [1.82, 2.24) is 5.32 Å². The summed E-state index contributed by atoms with van der Waals surface area (Å²) < 4.78 is 31.9.